The second-order valence-corrected chi connectivity index (χ2v) is 6.03. The Kier molecular flexibility index (Phi) is 5.28. The zero-order valence-electron chi connectivity index (χ0n) is 9.67. The van der Waals surface area contributed by atoms with Crippen LogP contribution in [0, 0.1) is 10.1 Å². The van der Waals surface area contributed by atoms with Crippen molar-refractivity contribution in [1.82, 2.24) is 4.72 Å². The van der Waals surface area contributed by atoms with Crippen LogP contribution in [0.15, 0.2) is 17.0 Å². The molecular formula is C9H8Cl2N2O6S. The molecule has 1 aromatic carbocycles. The molecule has 11 heteroatoms. The number of benzene rings is 1. The summed E-state index contributed by atoms with van der Waals surface area (Å²) in [5.41, 5.74) is -0.727. The maximum Gasteiger partial charge on any atom is 0.307 e. The molecule has 0 saturated heterocycles. The van der Waals surface area contributed by atoms with Crippen molar-refractivity contribution in [2.24, 2.45) is 0 Å². The molecule has 1 aromatic rings. The van der Waals surface area contributed by atoms with Crippen LogP contribution in [0.2, 0.25) is 10.0 Å². The molecule has 0 fully saturated rings. The summed E-state index contributed by atoms with van der Waals surface area (Å²) < 4.78 is 25.7. The van der Waals surface area contributed by atoms with E-state index in [9.17, 15) is 23.3 Å². The lowest BCUT2D eigenvalue weighted by Gasteiger charge is -2.08. The second kappa shape index (κ2) is 6.35. The van der Waals surface area contributed by atoms with Gasteiger partial charge in [-0.25, -0.2) is 13.1 Å². The molecule has 2 N–H and O–H groups in total. The number of halogens is 2. The third-order valence-electron chi connectivity index (χ3n) is 2.13. The lowest BCUT2D eigenvalue weighted by molar-refractivity contribution is -0.384. The number of nitro groups is 1. The summed E-state index contributed by atoms with van der Waals surface area (Å²) in [7, 11) is -4.17. The van der Waals surface area contributed by atoms with Gasteiger partial charge in [0.05, 0.1) is 11.3 Å². The zero-order chi connectivity index (χ0) is 15.5. The smallest absolute Gasteiger partial charge is 0.307 e. The number of aliphatic carboxylic acids is 1. The zero-order valence-corrected chi connectivity index (χ0v) is 12.0. The molecule has 0 aliphatic carbocycles. The third-order valence-corrected chi connectivity index (χ3v) is 4.44. The first-order valence-electron chi connectivity index (χ1n) is 5.00. The minimum atomic E-state index is -4.17. The van der Waals surface area contributed by atoms with E-state index in [0.29, 0.717) is 0 Å². The monoisotopic (exact) mass is 342 g/mol. The van der Waals surface area contributed by atoms with Crippen LogP contribution >= 0.6 is 23.2 Å². The molecule has 20 heavy (non-hydrogen) atoms. The highest BCUT2D eigenvalue weighted by atomic mass is 35.5. The highest BCUT2D eigenvalue weighted by Crippen LogP contribution is 2.36. The molecule has 0 spiro atoms. The number of hydrogen-bond acceptors (Lipinski definition) is 5. The van der Waals surface area contributed by atoms with E-state index >= 15 is 0 Å². The average Bonchev–Trinajstić information content (AvgIpc) is 2.26. The van der Waals surface area contributed by atoms with E-state index in [1.165, 1.54) is 0 Å². The normalized spacial score (nSPS) is 11.3. The molecule has 0 aliphatic heterocycles. The summed E-state index contributed by atoms with van der Waals surface area (Å²) in [6, 6.07) is 2.03. The van der Waals surface area contributed by atoms with Gasteiger partial charge < -0.3 is 5.11 Å². The maximum absolute atomic E-state index is 11.9. The van der Waals surface area contributed by atoms with E-state index < -0.39 is 42.9 Å². The molecule has 110 valence electrons. The fourth-order valence-electron chi connectivity index (χ4n) is 1.27. The van der Waals surface area contributed by atoms with Crippen molar-refractivity contribution in [1.29, 1.82) is 0 Å². The topological polar surface area (TPSA) is 127 Å². The first kappa shape index (κ1) is 16.6. The van der Waals surface area contributed by atoms with Crippen molar-refractivity contribution in [3.63, 3.8) is 0 Å². The standard InChI is InChI=1S/C9H8Cl2N2O6S/c10-5-1-2-6(8(11)9(5)13(16)17)20(18,19)12-4-3-7(14)15/h1-2,12H,3-4H2,(H,14,15). The predicted octanol–water partition coefficient (Wildman–Crippen LogP) is 1.65. The number of carboxylic acids is 1. The summed E-state index contributed by atoms with van der Waals surface area (Å²) >= 11 is 11.2. The van der Waals surface area contributed by atoms with Gasteiger partial charge in [0, 0.05) is 6.54 Å². The van der Waals surface area contributed by atoms with Crippen molar-refractivity contribution in [2.45, 2.75) is 11.3 Å². The molecule has 8 nitrogen and oxygen atoms in total. The molecule has 0 heterocycles. The minimum absolute atomic E-state index is 0.301. The highest BCUT2D eigenvalue weighted by molar-refractivity contribution is 7.89. The first-order valence-corrected chi connectivity index (χ1v) is 7.24. The number of carboxylic acid groups (broad SMARTS) is 1. The minimum Gasteiger partial charge on any atom is -0.481 e. The van der Waals surface area contributed by atoms with Gasteiger partial charge >= 0.3 is 11.7 Å². The van der Waals surface area contributed by atoms with Gasteiger partial charge in [0.1, 0.15) is 14.9 Å². The van der Waals surface area contributed by atoms with E-state index in [0.717, 1.165) is 12.1 Å². The fraction of sp³-hybridized carbons (Fsp3) is 0.222. The van der Waals surface area contributed by atoms with E-state index in [2.05, 4.69) is 0 Å². The molecule has 0 aromatic heterocycles. The van der Waals surface area contributed by atoms with Gasteiger partial charge in [-0.2, -0.15) is 0 Å². The summed E-state index contributed by atoms with van der Waals surface area (Å²) in [5, 5.41) is 18.3. The Balaban J connectivity index is 3.16. The van der Waals surface area contributed by atoms with Crippen LogP contribution in [0.25, 0.3) is 0 Å². The number of sulfonamides is 1. The van der Waals surface area contributed by atoms with Crippen LogP contribution in [-0.2, 0) is 14.8 Å². The van der Waals surface area contributed by atoms with Gasteiger partial charge in [-0.15, -0.1) is 0 Å². The van der Waals surface area contributed by atoms with Crippen molar-refractivity contribution in [3.05, 3.63) is 32.3 Å². The highest BCUT2D eigenvalue weighted by Gasteiger charge is 2.27. The maximum atomic E-state index is 11.9. The van der Waals surface area contributed by atoms with Crippen LogP contribution < -0.4 is 4.72 Å². The Hall–Kier alpha value is -1.42. The summed E-state index contributed by atoms with van der Waals surface area (Å²) in [6.45, 7) is -0.371. The number of hydrogen-bond donors (Lipinski definition) is 2. The SMILES string of the molecule is O=C(O)CCNS(=O)(=O)c1ccc(Cl)c([N+](=O)[O-])c1Cl. The third kappa shape index (κ3) is 3.79. The van der Waals surface area contributed by atoms with Crippen LogP contribution in [-0.4, -0.2) is 31.0 Å². The average molecular weight is 343 g/mol. The molecule has 0 atom stereocenters. The lowest BCUT2D eigenvalue weighted by Crippen LogP contribution is -2.26. The Morgan fingerprint density at radius 2 is 2.00 bits per heavy atom. The Morgan fingerprint density at radius 3 is 2.50 bits per heavy atom. The van der Waals surface area contributed by atoms with Gasteiger partial charge in [0.2, 0.25) is 10.0 Å². The fourth-order valence-corrected chi connectivity index (χ4v) is 3.19. The molecule has 0 saturated carbocycles. The number of nitrogens with one attached hydrogen (secondary N) is 1. The number of rotatable bonds is 6. The molecule has 1 rings (SSSR count). The summed E-state index contributed by atoms with van der Waals surface area (Å²) in [5.74, 6) is -1.19. The van der Waals surface area contributed by atoms with Gasteiger partial charge in [-0.1, -0.05) is 23.2 Å². The Bertz CT molecular complexity index is 661. The van der Waals surface area contributed by atoms with Crippen LogP contribution in [0.4, 0.5) is 5.69 Å². The molecule has 0 unspecified atom stereocenters. The quantitative estimate of drug-likeness (QED) is 0.597. The van der Waals surface area contributed by atoms with E-state index in [1.54, 1.807) is 0 Å². The van der Waals surface area contributed by atoms with E-state index in [4.69, 9.17) is 28.3 Å². The van der Waals surface area contributed by atoms with E-state index in [-0.39, 0.29) is 11.6 Å². The van der Waals surface area contributed by atoms with Gasteiger partial charge in [0.25, 0.3) is 0 Å². The predicted molar refractivity (Wildman–Crippen MR) is 70.6 cm³/mol. The summed E-state index contributed by atoms with van der Waals surface area (Å²) in [4.78, 5) is 19.6. The van der Waals surface area contributed by atoms with E-state index in [1.807, 2.05) is 4.72 Å². The number of carbonyl (C=O) groups is 1. The molecule has 0 bridgehead atoms. The molecule has 0 aliphatic rings. The van der Waals surface area contributed by atoms with Crippen LogP contribution in [0.3, 0.4) is 0 Å². The van der Waals surface area contributed by atoms with Crippen LogP contribution in [0.1, 0.15) is 6.42 Å². The van der Waals surface area contributed by atoms with Crippen LogP contribution in [0.5, 0.6) is 0 Å². The van der Waals surface area contributed by atoms with Gasteiger partial charge in [-0.3, -0.25) is 14.9 Å². The second-order valence-electron chi connectivity index (χ2n) is 3.51. The molecule has 0 amide bonds. The number of nitro benzene ring substituents is 1. The lowest BCUT2D eigenvalue weighted by atomic mass is 10.3. The van der Waals surface area contributed by atoms with Gasteiger partial charge in [-0.05, 0) is 12.1 Å². The number of nitrogens with zero attached hydrogens (tertiary/aromatic N) is 1. The van der Waals surface area contributed by atoms with Crippen molar-refractivity contribution in [3.8, 4) is 0 Å². The largest absolute Gasteiger partial charge is 0.481 e. The van der Waals surface area contributed by atoms with Gasteiger partial charge in [0.15, 0.2) is 0 Å². The summed E-state index contributed by atoms with van der Waals surface area (Å²) in [6.07, 6.45) is -0.438. The molecular weight excluding hydrogens is 335 g/mol. The van der Waals surface area contributed by atoms with Crippen molar-refractivity contribution < 1.29 is 23.2 Å². The van der Waals surface area contributed by atoms with Crippen molar-refractivity contribution in [2.75, 3.05) is 6.54 Å². The molecule has 0 radical (unpaired) electrons. The van der Waals surface area contributed by atoms with Crippen molar-refractivity contribution >= 4 is 44.9 Å². The first-order chi connectivity index (χ1) is 9.16. The Labute approximate surface area is 123 Å². The Morgan fingerprint density at radius 1 is 1.40 bits per heavy atom.